The predicted molar refractivity (Wildman–Crippen MR) is 123 cm³/mol. The zero-order chi connectivity index (χ0) is 23.3. The third-order valence-electron chi connectivity index (χ3n) is 6.47. The van der Waals surface area contributed by atoms with Crippen molar-refractivity contribution in [1.82, 2.24) is 15.1 Å². The number of sulfone groups is 1. The van der Waals surface area contributed by atoms with Crippen molar-refractivity contribution in [3.63, 3.8) is 0 Å². The average Bonchev–Trinajstić information content (AvgIpc) is 3.39. The summed E-state index contributed by atoms with van der Waals surface area (Å²) >= 11 is 13.0. The zero-order valence-corrected chi connectivity index (χ0v) is 20.3. The van der Waals surface area contributed by atoms with Crippen molar-refractivity contribution in [3.05, 3.63) is 36.2 Å². The van der Waals surface area contributed by atoms with Crippen LogP contribution in [0.1, 0.15) is 43.7 Å². The SMILES string of the molecule is Cn1cc(-c2ccc(S(C)(=O)=O)cc2)c([C@@H]2CCC(Cl)(Cl)C[C@H]2C(O)NC2(C#N)CC2)n1. The van der Waals surface area contributed by atoms with Crippen LogP contribution in [0.15, 0.2) is 35.4 Å². The fourth-order valence-corrected chi connectivity index (χ4v) is 5.73. The molecule has 3 atom stereocenters. The van der Waals surface area contributed by atoms with Crippen LogP contribution in [0, 0.1) is 17.2 Å². The van der Waals surface area contributed by atoms with E-state index in [0.717, 1.165) is 16.8 Å². The van der Waals surface area contributed by atoms with Gasteiger partial charge in [-0.2, -0.15) is 10.4 Å². The average molecular weight is 497 g/mol. The highest BCUT2D eigenvalue weighted by Crippen LogP contribution is 2.50. The number of aryl methyl sites for hydroxylation is 1. The minimum atomic E-state index is -3.29. The minimum absolute atomic E-state index is 0.136. The molecular weight excluding hydrogens is 471 g/mol. The summed E-state index contributed by atoms with van der Waals surface area (Å²) in [6.45, 7) is 0. The molecule has 2 fully saturated rings. The van der Waals surface area contributed by atoms with E-state index in [4.69, 9.17) is 28.3 Å². The van der Waals surface area contributed by atoms with Gasteiger partial charge in [-0.1, -0.05) is 12.1 Å². The van der Waals surface area contributed by atoms with Crippen molar-refractivity contribution in [3.8, 4) is 17.2 Å². The van der Waals surface area contributed by atoms with Crippen molar-refractivity contribution >= 4 is 33.0 Å². The van der Waals surface area contributed by atoms with E-state index in [1.54, 1.807) is 28.9 Å². The molecule has 4 rings (SSSR count). The molecule has 172 valence electrons. The number of aliphatic hydroxyl groups excluding tert-OH is 1. The van der Waals surface area contributed by atoms with Gasteiger partial charge in [-0.15, -0.1) is 23.2 Å². The maximum atomic E-state index is 11.8. The van der Waals surface area contributed by atoms with Crippen LogP contribution >= 0.6 is 23.2 Å². The molecule has 2 aliphatic carbocycles. The molecule has 2 saturated carbocycles. The molecule has 2 aromatic rings. The molecule has 32 heavy (non-hydrogen) atoms. The summed E-state index contributed by atoms with van der Waals surface area (Å²) in [7, 11) is -1.47. The Morgan fingerprint density at radius 2 is 1.94 bits per heavy atom. The number of aliphatic hydroxyl groups is 1. The molecular formula is C22H26Cl2N4O3S. The molecule has 1 aromatic carbocycles. The Hall–Kier alpha value is -1.63. The summed E-state index contributed by atoms with van der Waals surface area (Å²) in [6, 6.07) is 8.96. The fourth-order valence-electron chi connectivity index (χ4n) is 4.53. The molecule has 0 bridgehead atoms. The van der Waals surface area contributed by atoms with Crippen LogP contribution in [0.2, 0.25) is 0 Å². The molecule has 2 aliphatic rings. The maximum Gasteiger partial charge on any atom is 0.175 e. The number of hydrogen-bond acceptors (Lipinski definition) is 6. The van der Waals surface area contributed by atoms with E-state index in [0.29, 0.717) is 32.1 Å². The minimum Gasteiger partial charge on any atom is -0.378 e. The highest BCUT2D eigenvalue weighted by Gasteiger charge is 2.49. The van der Waals surface area contributed by atoms with E-state index in [-0.39, 0.29) is 16.7 Å². The first-order chi connectivity index (χ1) is 14.9. The van der Waals surface area contributed by atoms with E-state index in [9.17, 15) is 18.8 Å². The molecule has 0 spiro atoms. The van der Waals surface area contributed by atoms with Gasteiger partial charge < -0.3 is 5.11 Å². The van der Waals surface area contributed by atoms with E-state index < -0.39 is 25.9 Å². The van der Waals surface area contributed by atoms with Crippen LogP contribution in [0.25, 0.3) is 11.1 Å². The fraction of sp³-hybridized carbons (Fsp3) is 0.545. The van der Waals surface area contributed by atoms with Crippen LogP contribution in [-0.2, 0) is 16.9 Å². The van der Waals surface area contributed by atoms with Gasteiger partial charge in [0.05, 0.1) is 16.7 Å². The van der Waals surface area contributed by atoms with Crippen molar-refractivity contribution < 1.29 is 13.5 Å². The number of rotatable bonds is 6. The van der Waals surface area contributed by atoms with Gasteiger partial charge >= 0.3 is 0 Å². The molecule has 1 heterocycles. The number of nitrogens with zero attached hydrogens (tertiary/aromatic N) is 3. The zero-order valence-electron chi connectivity index (χ0n) is 17.9. The number of nitrogens with one attached hydrogen (secondary N) is 1. The lowest BCUT2D eigenvalue weighted by Gasteiger charge is -2.40. The van der Waals surface area contributed by atoms with Crippen molar-refractivity contribution in [2.75, 3.05) is 6.26 Å². The number of nitriles is 1. The van der Waals surface area contributed by atoms with Gasteiger partial charge in [0.1, 0.15) is 16.1 Å². The van der Waals surface area contributed by atoms with Gasteiger partial charge in [0, 0.05) is 36.9 Å². The molecule has 1 aromatic heterocycles. The van der Waals surface area contributed by atoms with Crippen molar-refractivity contribution in [2.45, 2.75) is 59.0 Å². The number of benzene rings is 1. The van der Waals surface area contributed by atoms with Gasteiger partial charge in [-0.25, -0.2) is 8.42 Å². The lowest BCUT2D eigenvalue weighted by Crippen LogP contribution is -2.48. The molecule has 10 heteroatoms. The standard InChI is InChI=1S/C22H26Cl2N4O3S/c1-28-12-18(14-3-5-15(6-4-14)32(2,30)31)19(27-28)16-7-8-22(23,24)11-17(16)20(29)26-21(13-25)9-10-21/h3-6,12,16-17,20,26,29H,7-11H2,1-2H3/t16-,17-,20?/m1/s1. The van der Waals surface area contributed by atoms with Crippen molar-refractivity contribution in [1.29, 1.82) is 5.26 Å². The van der Waals surface area contributed by atoms with Gasteiger partial charge in [0.15, 0.2) is 9.84 Å². The number of hydrogen-bond donors (Lipinski definition) is 2. The monoisotopic (exact) mass is 496 g/mol. The normalized spacial score (nSPS) is 25.1. The summed E-state index contributed by atoms with van der Waals surface area (Å²) in [5.74, 6) is -0.475. The van der Waals surface area contributed by atoms with Crippen molar-refractivity contribution in [2.24, 2.45) is 13.0 Å². The maximum absolute atomic E-state index is 11.8. The Morgan fingerprint density at radius 1 is 1.28 bits per heavy atom. The lowest BCUT2D eigenvalue weighted by molar-refractivity contribution is 0.0327. The smallest absolute Gasteiger partial charge is 0.175 e. The first-order valence-corrected chi connectivity index (χ1v) is 13.2. The summed E-state index contributed by atoms with van der Waals surface area (Å²) in [5.41, 5.74) is 1.83. The molecule has 0 amide bonds. The second-order valence-corrected chi connectivity index (χ2v) is 12.7. The molecule has 0 saturated heterocycles. The Labute approximate surface area is 198 Å². The Balaban J connectivity index is 1.69. The van der Waals surface area contributed by atoms with Crippen LogP contribution in [0.3, 0.4) is 0 Å². The van der Waals surface area contributed by atoms with E-state index in [1.807, 2.05) is 13.2 Å². The summed E-state index contributed by atoms with van der Waals surface area (Å²) in [5, 5.41) is 28.3. The van der Waals surface area contributed by atoms with E-state index in [1.165, 1.54) is 6.26 Å². The summed E-state index contributed by atoms with van der Waals surface area (Å²) in [6.07, 6.45) is 5.05. The first-order valence-electron chi connectivity index (χ1n) is 10.5. The third kappa shape index (κ3) is 4.82. The number of halogens is 2. The highest BCUT2D eigenvalue weighted by molar-refractivity contribution is 7.90. The van der Waals surface area contributed by atoms with Crippen LogP contribution in [0.5, 0.6) is 0 Å². The van der Waals surface area contributed by atoms with Crippen LogP contribution in [-0.4, -0.2) is 45.7 Å². The van der Waals surface area contributed by atoms with Gasteiger partial charge in [-0.3, -0.25) is 10.00 Å². The molecule has 0 radical (unpaired) electrons. The van der Waals surface area contributed by atoms with E-state index in [2.05, 4.69) is 11.4 Å². The van der Waals surface area contributed by atoms with Crippen LogP contribution in [0.4, 0.5) is 0 Å². The Morgan fingerprint density at radius 3 is 2.50 bits per heavy atom. The quantitative estimate of drug-likeness (QED) is 0.467. The predicted octanol–water partition coefficient (Wildman–Crippen LogP) is 3.51. The first kappa shape index (κ1) is 23.5. The lowest BCUT2D eigenvalue weighted by atomic mass is 9.74. The van der Waals surface area contributed by atoms with Gasteiger partial charge in [-0.05, 0) is 49.8 Å². The second-order valence-electron chi connectivity index (χ2n) is 9.05. The summed E-state index contributed by atoms with van der Waals surface area (Å²) in [4.78, 5) is 0.252. The largest absolute Gasteiger partial charge is 0.378 e. The number of aromatic nitrogens is 2. The second kappa shape index (κ2) is 8.30. The Kier molecular flexibility index (Phi) is 6.10. The third-order valence-corrected chi connectivity index (χ3v) is 8.28. The Bertz CT molecular complexity index is 1150. The highest BCUT2D eigenvalue weighted by atomic mass is 35.5. The molecule has 2 N–H and O–H groups in total. The molecule has 0 aliphatic heterocycles. The van der Waals surface area contributed by atoms with Crippen LogP contribution < -0.4 is 5.32 Å². The van der Waals surface area contributed by atoms with E-state index >= 15 is 0 Å². The topological polar surface area (TPSA) is 108 Å². The molecule has 1 unspecified atom stereocenters. The summed E-state index contributed by atoms with van der Waals surface area (Å²) < 4.78 is 24.4. The van der Waals surface area contributed by atoms with Gasteiger partial charge in [0.2, 0.25) is 0 Å². The number of alkyl halides is 2. The molecule has 7 nitrogen and oxygen atoms in total. The van der Waals surface area contributed by atoms with Gasteiger partial charge in [0.25, 0.3) is 0 Å².